The summed E-state index contributed by atoms with van der Waals surface area (Å²) in [5.41, 5.74) is 1.28. The molecule has 0 radical (unpaired) electrons. The molecule has 3 nitrogen and oxygen atoms in total. The molecule has 0 amide bonds. The molecule has 3 unspecified atom stereocenters. The van der Waals surface area contributed by atoms with E-state index in [4.69, 9.17) is 4.74 Å². The largest absolute Gasteiger partial charge is 0.496 e. The summed E-state index contributed by atoms with van der Waals surface area (Å²) in [7, 11) is 6.00. The molecular weight excluding hydrogens is 248 g/mol. The molecule has 3 atom stereocenters. The van der Waals surface area contributed by atoms with Gasteiger partial charge in [-0.1, -0.05) is 25.1 Å². The number of methoxy groups -OCH3 is 1. The van der Waals surface area contributed by atoms with Gasteiger partial charge in [-0.05, 0) is 52.4 Å². The Morgan fingerprint density at radius 1 is 1.25 bits per heavy atom. The highest BCUT2D eigenvalue weighted by atomic mass is 16.5. The second-order valence-electron chi connectivity index (χ2n) is 5.57. The second kappa shape index (κ2) is 8.28. The Kier molecular flexibility index (Phi) is 7.03. The summed E-state index contributed by atoms with van der Waals surface area (Å²) >= 11 is 0. The molecule has 0 fully saturated rings. The molecule has 0 aromatic heterocycles. The van der Waals surface area contributed by atoms with Crippen molar-refractivity contribution < 1.29 is 4.74 Å². The molecule has 3 heteroatoms. The van der Waals surface area contributed by atoms with Crippen LogP contribution in [-0.2, 0) is 6.42 Å². The first kappa shape index (κ1) is 17.0. The van der Waals surface area contributed by atoms with Gasteiger partial charge in [-0.3, -0.25) is 4.90 Å². The van der Waals surface area contributed by atoms with Crippen molar-refractivity contribution in [2.45, 2.75) is 51.7 Å². The molecular formula is C17H30N2O. The van der Waals surface area contributed by atoms with E-state index in [9.17, 15) is 0 Å². The van der Waals surface area contributed by atoms with Crippen LogP contribution in [-0.4, -0.2) is 44.2 Å². The Labute approximate surface area is 124 Å². The Morgan fingerprint density at radius 2 is 1.90 bits per heavy atom. The molecule has 1 aromatic carbocycles. The van der Waals surface area contributed by atoms with Crippen molar-refractivity contribution in [3.8, 4) is 5.75 Å². The third kappa shape index (κ3) is 4.22. The number of likely N-dealkylation sites (N-methyl/N-ethyl adjacent to an activating group) is 2. The lowest BCUT2D eigenvalue weighted by atomic mass is 10.0. The first-order valence-corrected chi connectivity index (χ1v) is 7.56. The summed E-state index contributed by atoms with van der Waals surface area (Å²) in [6.07, 6.45) is 2.15. The Bertz CT molecular complexity index is 390. The lowest BCUT2D eigenvalue weighted by Gasteiger charge is -2.35. The smallest absolute Gasteiger partial charge is 0.122 e. The van der Waals surface area contributed by atoms with Crippen LogP contribution >= 0.6 is 0 Å². The topological polar surface area (TPSA) is 24.5 Å². The average molecular weight is 278 g/mol. The van der Waals surface area contributed by atoms with Crippen molar-refractivity contribution in [2.24, 2.45) is 0 Å². The number of hydrogen-bond donors (Lipinski definition) is 1. The first-order valence-electron chi connectivity index (χ1n) is 7.56. The number of nitrogens with one attached hydrogen (secondary N) is 1. The van der Waals surface area contributed by atoms with Gasteiger partial charge in [-0.15, -0.1) is 0 Å². The third-order valence-corrected chi connectivity index (χ3v) is 4.44. The van der Waals surface area contributed by atoms with Crippen LogP contribution in [0.2, 0.25) is 0 Å². The monoisotopic (exact) mass is 278 g/mol. The molecule has 0 aliphatic carbocycles. The Hall–Kier alpha value is -1.06. The van der Waals surface area contributed by atoms with Crippen molar-refractivity contribution in [3.05, 3.63) is 29.8 Å². The SMILES string of the molecule is CCC(NC)C(C)N(C)C(C)Cc1ccccc1OC. The normalized spacial score (nSPS) is 15.9. The molecule has 1 rings (SSSR count). The van der Waals surface area contributed by atoms with Crippen LogP contribution in [0.25, 0.3) is 0 Å². The van der Waals surface area contributed by atoms with Crippen LogP contribution in [0.15, 0.2) is 24.3 Å². The van der Waals surface area contributed by atoms with E-state index >= 15 is 0 Å². The van der Waals surface area contributed by atoms with Gasteiger partial charge in [0.15, 0.2) is 0 Å². The lowest BCUT2D eigenvalue weighted by molar-refractivity contribution is 0.158. The van der Waals surface area contributed by atoms with Crippen LogP contribution in [0.1, 0.15) is 32.8 Å². The molecule has 0 aliphatic rings. The van der Waals surface area contributed by atoms with Crippen LogP contribution in [0.5, 0.6) is 5.75 Å². The third-order valence-electron chi connectivity index (χ3n) is 4.44. The van der Waals surface area contributed by atoms with E-state index in [2.05, 4.69) is 50.2 Å². The van der Waals surface area contributed by atoms with E-state index in [1.165, 1.54) is 5.56 Å². The highest BCUT2D eigenvalue weighted by molar-refractivity contribution is 5.33. The van der Waals surface area contributed by atoms with Crippen molar-refractivity contribution in [3.63, 3.8) is 0 Å². The highest BCUT2D eigenvalue weighted by Crippen LogP contribution is 2.21. The van der Waals surface area contributed by atoms with Crippen LogP contribution in [0.3, 0.4) is 0 Å². The number of rotatable bonds is 8. The standard InChI is InChI=1S/C17H30N2O/c1-7-16(18-4)14(3)19(5)13(2)12-15-10-8-9-11-17(15)20-6/h8-11,13-14,16,18H,7,12H2,1-6H3. The van der Waals surface area contributed by atoms with Crippen LogP contribution < -0.4 is 10.1 Å². The van der Waals surface area contributed by atoms with Crippen molar-refractivity contribution in [1.82, 2.24) is 10.2 Å². The fourth-order valence-corrected chi connectivity index (χ4v) is 2.81. The number of hydrogen-bond acceptors (Lipinski definition) is 3. The van der Waals surface area contributed by atoms with Gasteiger partial charge in [0, 0.05) is 18.1 Å². The molecule has 114 valence electrons. The van der Waals surface area contributed by atoms with Crippen LogP contribution in [0, 0.1) is 0 Å². The maximum atomic E-state index is 5.45. The first-order chi connectivity index (χ1) is 9.54. The van der Waals surface area contributed by atoms with E-state index in [0.29, 0.717) is 18.1 Å². The zero-order chi connectivity index (χ0) is 15.1. The molecule has 0 saturated carbocycles. The molecule has 1 aromatic rings. The molecule has 20 heavy (non-hydrogen) atoms. The summed E-state index contributed by atoms with van der Waals surface area (Å²) < 4.78 is 5.45. The zero-order valence-electron chi connectivity index (χ0n) is 13.8. The molecule has 0 heterocycles. The van der Waals surface area contributed by atoms with Gasteiger partial charge >= 0.3 is 0 Å². The summed E-state index contributed by atoms with van der Waals surface area (Å²) in [6.45, 7) is 6.81. The van der Waals surface area contributed by atoms with Gasteiger partial charge in [0.1, 0.15) is 5.75 Å². The summed E-state index contributed by atoms with van der Waals surface area (Å²) in [6, 6.07) is 9.81. The lowest BCUT2D eigenvalue weighted by Crippen LogP contribution is -2.49. The summed E-state index contributed by atoms with van der Waals surface area (Å²) in [4.78, 5) is 2.46. The fraction of sp³-hybridized carbons (Fsp3) is 0.647. The number of nitrogens with zero attached hydrogens (tertiary/aromatic N) is 1. The van der Waals surface area contributed by atoms with Crippen molar-refractivity contribution in [1.29, 1.82) is 0 Å². The Balaban J connectivity index is 2.72. The summed E-state index contributed by atoms with van der Waals surface area (Å²) in [5.74, 6) is 0.987. The molecule has 0 bridgehead atoms. The molecule has 0 spiro atoms. The number of para-hydroxylation sites is 1. The van der Waals surface area contributed by atoms with E-state index in [1.54, 1.807) is 7.11 Å². The predicted molar refractivity (Wildman–Crippen MR) is 86.5 cm³/mol. The van der Waals surface area contributed by atoms with Crippen molar-refractivity contribution in [2.75, 3.05) is 21.2 Å². The number of benzene rings is 1. The van der Waals surface area contributed by atoms with Gasteiger partial charge < -0.3 is 10.1 Å². The Morgan fingerprint density at radius 3 is 2.45 bits per heavy atom. The van der Waals surface area contributed by atoms with E-state index in [0.717, 1.165) is 18.6 Å². The molecule has 1 N–H and O–H groups in total. The molecule has 0 saturated heterocycles. The van der Waals surface area contributed by atoms with Gasteiger partial charge in [-0.25, -0.2) is 0 Å². The number of ether oxygens (including phenoxy) is 1. The minimum absolute atomic E-state index is 0.476. The van der Waals surface area contributed by atoms with E-state index < -0.39 is 0 Å². The maximum absolute atomic E-state index is 5.45. The van der Waals surface area contributed by atoms with Gasteiger partial charge in [-0.2, -0.15) is 0 Å². The summed E-state index contributed by atoms with van der Waals surface area (Å²) in [5, 5.41) is 3.41. The zero-order valence-corrected chi connectivity index (χ0v) is 13.8. The highest BCUT2D eigenvalue weighted by Gasteiger charge is 2.22. The van der Waals surface area contributed by atoms with Gasteiger partial charge in [0.2, 0.25) is 0 Å². The fourth-order valence-electron chi connectivity index (χ4n) is 2.81. The average Bonchev–Trinajstić information content (AvgIpc) is 2.48. The minimum Gasteiger partial charge on any atom is -0.496 e. The minimum atomic E-state index is 0.476. The maximum Gasteiger partial charge on any atom is 0.122 e. The molecule has 0 aliphatic heterocycles. The van der Waals surface area contributed by atoms with Gasteiger partial charge in [0.05, 0.1) is 7.11 Å². The van der Waals surface area contributed by atoms with E-state index in [-0.39, 0.29) is 0 Å². The predicted octanol–water partition coefficient (Wildman–Crippen LogP) is 2.94. The van der Waals surface area contributed by atoms with E-state index in [1.807, 2.05) is 19.2 Å². The second-order valence-corrected chi connectivity index (χ2v) is 5.57. The van der Waals surface area contributed by atoms with Crippen molar-refractivity contribution >= 4 is 0 Å². The van der Waals surface area contributed by atoms with Crippen LogP contribution in [0.4, 0.5) is 0 Å². The van der Waals surface area contributed by atoms with Gasteiger partial charge in [0.25, 0.3) is 0 Å². The quantitative estimate of drug-likeness (QED) is 0.791.